The number of benzene rings is 2. The normalized spacial score (nSPS) is 12.6. The van der Waals surface area contributed by atoms with Crippen molar-refractivity contribution < 1.29 is 38.9 Å². The highest BCUT2D eigenvalue weighted by molar-refractivity contribution is 8.00. The summed E-state index contributed by atoms with van der Waals surface area (Å²) in [6.45, 7) is 13.8. The summed E-state index contributed by atoms with van der Waals surface area (Å²) in [6.07, 6.45) is 0. The Morgan fingerprint density at radius 3 is 1.42 bits per heavy atom. The van der Waals surface area contributed by atoms with Gasteiger partial charge in [0.2, 0.25) is 11.9 Å². The van der Waals surface area contributed by atoms with Crippen molar-refractivity contribution in [3.63, 3.8) is 0 Å². The van der Waals surface area contributed by atoms with Gasteiger partial charge in [-0.3, -0.25) is 13.7 Å². The van der Waals surface area contributed by atoms with Gasteiger partial charge in [0.15, 0.2) is 23.6 Å². The third-order valence-electron chi connectivity index (χ3n) is 9.89. The molecule has 0 saturated carbocycles. The molecule has 7 rings (SSSR count). The molecule has 30 heteroatoms. The molecule has 0 amide bonds. The van der Waals surface area contributed by atoms with Crippen LogP contribution in [0.4, 0.5) is 56.0 Å². The third kappa shape index (κ3) is 11.5. The van der Waals surface area contributed by atoms with Gasteiger partial charge in [-0.25, -0.2) is 0 Å². The Bertz CT molecular complexity index is 3180. The molecule has 0 atom stereocenters. The molecule has 356 valence electrons. The molecule has 0 fully saturated rings. The first-order chi connectivity index (χ1) is 31.7. The molecule has 5 N–H and O–H groups in total. The van der Waals surface area contributed by atoms with Gasteiger partial charge in [0.1, 0.15) is 21.0 Å². The second-order valence-electron chi connectivity index (χ2n) is 14.1. The van der Waals surface area contributed by atoms with E-state index in [4.69, 9.17) is 4.98 Å². The molecule has 0 bridgehead atoms. The Labute approximate surface area is 405 Å². The first-order valence-corrected chi connectivity index (χ1v) is 28.6. The van der Waals surface area contributed by atoms with Gasteiger partial charge < -0.3 is 20.4 Å². The zero-order chi connectivity index (χ0) is 48.4. The standard InChI is InChI=1S/C37H41N13O9S8/c1-7-49(8-2)21-11-13-23(43-45-29-27-19(5)33(66(54,55)56)61-31(27)47-63-29)25(17-21)38-35-40-36(42-37(41-35)60-15-16-65(51,52)53)39-26-18-22(50(9-3)10-4)12-14-24(26)44-46-30-28-20(6)34(67(57,58)59)62-32(28)48-64-30/h11-14,17-18H,7-10,15-16H2,1-6H3,(H,51,52,53)(H,54,55,56)(H,57,58,59)(H2,38,39,40,41,42). The Morgan fingerprint density at radius 2 is 1.04 bits per heavy atom. The fourth-order valence-electron chi connectivity index (χ4n) is 6.68. The summed E-state index contributed by atoms with van der Waals surface area (Å²) >= 11 is 4.64. The second-order valence-corrected chi connectivity index (χ2v) is 23.5. The number of hydrogen-bond acceptors (Lipinski definition) is 24. The van der Waals surface area contributed by atoms with Crippen molar-refractivity contribution in [3.05, 3.63) is 47.5 Å². The van der Waals surface area contributed by atoms with E-state index in [2.05, 4.69) is 59.6 Å². The molecule has 0 aliphatic rings. The van der Waals surface area contributed by atoms with Crippen molar-refractivity contribution in [1.29, 1.82) is 0 Å². The van der Waals surface area contributed by atoms with Gasteiger partial charge in [-0.1, -0.05) is 34.4 Å². The molecule has 67 heavy (non-hydrogen) atoms. The minimum atomic E-state index is -4.49. The van der Waals surface area contributed by atoms with Crippen LogP contribution in [0.15, 0.2) is 70.4 Å². The molecule has 5 heterocycles. The molecule has 22 nitrogen and oxygen atoms in total. The van der Waals surface area contributed by atoms with E-state index in [9.17, 15) is 38.9 Å². The van der Waals surface area contributed by atoms with Crippen molar-refractivity contribution in [2.75, 3.05) is 58.1 Å². The minimum Gasteiger partial charge on any atom is -0.372 e. The Kier molecular flexibility index (Phi) is 15.2. The predicted molar refractivity (Wildman–Crippen MR) is 266 cm³/mol. The number of rotatable bonds is 20. The van der Waals surface area contributed by atoms with Crippen LogP contribution in [0.5, 0.6) is 0 Å². The maximum Gasteiger partial charge on any atom is 0.304 e. The lowest BCUT2D eigenvalue weighted by Crippen LogP contribution is -2.21. The zero-order valence-electron chi connectivity index (χ0n) is 36.2. The number of thiophene rings is 2. The number of fused-ring (bicyclic) bond motifs is 2. The van der Waals surface area contributed by atoms with E-state index in [-0.39, 0.29) is 31.2 Å². The van der Waals surface area contributed by atoms with Crippen LogP contribution in [0.1, 0.15) is 38.8 Å². The predicted octanol–water partition coefficient (Wildman–Crippen LogP) is 10.3. The van der Waals surface area contributed by atoms with Gasteiger partial charge >= 0.3 is 20.2 Å². The smallest absolute Gasteiger partial charge is 0.304 e. The van der Waals surface area contributed by atoms with Crippen LogP contribution in [0.2, 0.25) is 0 Å². The molecular weight excluding hydrogens is 1030 g/mol. The van der Waals surface area contributed by atoms with E-state index < -0.39 is 36.1 Å². The summed E-state index contributed by atoms with van der Waals surface area (Å²) in [5.74, 6) is -0.680. The van der Waals surface area contributed by atoms with Crippen molar-refractivity contribution in [1.82, 2.24) is 23.7 Å². The lowest BCUT2D eigenvalue weighted by atomic mass is 10.2. The van der Waals surface area contributed by atoms with E-state index in [1.807, 2.05) is 52.0 Å². The van der Waals surface area contributed by atoms with Crippen LogP contribution >= 0.6 is 57.5 Å². The highest BCUT2D eigenvalue weighted by atomic mass is 32.3. The topological polar surface area (TPSA) is 308 Å². The van der Waals surface area contributed by atoms with Crippen LogP contribution in [0.25, 0.3) is 20.4 Å². The van der Waals surface area contributed by atoms with Crippen LogP contribution in [0, 0.1) is 13.8 Å². The Morgan fingerprint density at radius 1 is 0.627 bits per heavy atom. The monoisotopic (exact) mass is 1070 g/mol. The molecule has 0 radical (unpaired) electrons. The maximum absolute atomic E-state index is 12.0. The lowest BCUT2D eigenvalue weighted by Gasteiger charge is -2.22. The number of nitrogens with zero attached hydrogens (tertiary/aromatic N) is 11. The Hall–Kier alpha value is -4.89. The van der Waals surface area contributed by atoms with Gasteiger partial charge in [-0.05, 0) is 112 Å². The number of aryl methyl sites for hydroxylation is 2. The van der Waals surface area contributed by atoms with Crippen molar-refractivity contribution >= 4 is 164 Å². The quantitative estimate of drug-likeness (QED) is 0.0269. The van der Waals surface area contributed by atoms with E-state index in [1.54, 1.807) is 26.0 Å². The molecule has 0 unspecified atom stereocenters. The maximum atomic E-state index is 12.0. The molecule has 0 aliphatic carbocycles. The van der Waals surface area contributed by atoms with Gasteiger partial charge in [0, 0.05) is 43.3 Å². The number of nitrogens with one attached hydrogen (secondary N) is 2. The first kappa shape index (κ1) is 50.0. The number of anilines is 6. The molecular formula is C37H41N13O9S8. The number of hydrogen-bond donors (Lipinski definition) is 5. The number of aromatic nitrogens is 5. The first-order valence-electron chi connectivity index (χ1n) is 19.9. The summed E-state index contributed by atoms with van der Waals surface area (Å²) in [5.41, 5.74) is 3.68. The summed E-state index contributed by atoms with van der Waals surface area (Å²) in [6, 6.07) is 10.8. The minimum absolute atomic E-state index is 0.00403. The molecule has 0 aliphatic heterocycles. The van der Waals surface area contributed by atoms with Crippen LogP contribution in [0.3, 0.4) is 0 Å². The molecule has 5 aromatic heterocycles. The van der Waals surface area contributed by atoms with Crippen LogP contribution in [-0.4, -0.2) is 100 Å². The van der Waals surface area contributed by atoms with Gasteiger partial charge in [0.25, 0.3) is 10.1 Å². The van der Waals surface area contributed by atoms with Crippen molar-refractivity contribution in [3.8, 4) is 0 Å². The summed E-state index contributed by atoms with van der Waals surface area (Å²) in [7, 11) is -13.3. The Balaban J connectivity index is 1.30. The zero-order valence-corrected chi connectivity index (χ0v) is 42.7. The SMILES string of the molecule is CCN(CC)c1ccc(N=Nc2snc3sc(S(=O)(=O)O)c(C)c23)c(Nc2nc(Nc3cc(N(CC)CC)ccc3N=Nc3snc4sc(S(=O)(=O)O)c(C)c34)nc(SCCS(=O)(=O)O)n2)c1. The van der Waals surface area contributed by atoms with Crippen molar-refractivity contribution in [2.45, 2.75) is 55.1 Å². The van der Waals surface area contributed by atoms with Gasteiger partial charge in [0.05, 0.1) is 27.9 Å². The average Bonchev–Trinajstić information content (AvgIpc) is 4.03. The van der Waals surface area contributed by atoms with E-state index >= 15 is 0 Å². The lowest BCUT2D eigenvalue weighted by molar-refractivity contribution is 0.483. The number of thioether (sulfide) groups is 1. The van der Waals surface area contributed by atoms with E-state index in [1.165, 1.54) is 0 Å². The highest BCUT2D eigenvalue weighted by Crippen LogP contribution is 2.45. The third-order valence-corrected chi connectivity index (χ3v) is 18.7. The largest absolute Gasteiger partial charge is 0.372 e. The molecule has 0 spiro atoms. The second kappa shape index (κ2) is 20.4. The molecule has 7 aromatic rings. The highest BCUT2D eigenvalue weighted by Gasteiger charge is 2.25. The van der Waals surface area contributed by atoms with Gasteiger partial charge in [-0.15, -0.1) is 20.5 Å². The van der Waals surface area contributed by atoms with Crippen LogP contribution < -0.4 is 20.4 Å². The molecule has 2 aromatic carbocycles. The average molecular weight is 1070 g/mol. The van der Waals surface area contributed by atoms with Crippen LogP contribution in [-0.2, 0) is 30.4 Å². The van der Waals surface area contributed by atoms with E-state index in [0.29, 0.717) is 90.5 Å². The summed E-state index contributed by atoms with van der Waals surface area (Å²) < 4.78 is 109. The van der Waals surface area contributed by atoms with Crippen molar-refractivity contribution in [2.24, 2.45) is 20.5 Å². The van der Waals surface area contributed by atoms with E-state index in [0.717, 1.165) is 68.9 Å². The molecule has 0 saturated heterocycles. The summed E-state index contributed by atoms with van der Waals surface area (Å²) in [5, 5.41) is 26.0. The fraction of sp³-hybridized carbons (Fsp3) is 0.324. The van der Waals surface area contributed by atoms with Gasteiger partial charge in [-0.2, -0.15) is 49.0 Å². The summed E-state index contributed by atoms with van der Waals surface area (Å²) in [4.78, 5) is 18.8. The fourth-order valence-corrected chi connectivity index (χ4v) is 14.2. The number of azo groups is 2.